The molecule has 0 aliphatic rings. The molecular formula is C20H15ClF2N4. The fourth-order valence-electron chi connectivity index (χ4n) is 3.12. The van der Waals surface area contributed by atoms with E-state index >= 15 is 0 Å². The molecule has 0 spiro atoms. The molecule has 136 valence electrons. The third-order valence-electron chi connectivity index (χ3n) is 4.58. The summed E-state index contributed by atoms with van der Waals surface area (Å²) in [6.45, 7) is 3.84. The molecule has 0 aliphatic heterocycles. The second-order valence-electron chi connectivity index (χ2n) is 6.17. The summed E-state index contributed by atoms with van der Waals surface area (Å²) in [6, 6.07) is 11.1. The first-order chi connectivity index (χ1) is 13.0. The zero-order valence-electron chi connectivity index (χ0n) is 14.6. The van der Waals surface area contributed by atoms with Gasteiger partial charge in [-0.05, 0) is 43.7 Å². The minimum absolute atomic E-state index is 0.492. The summed E-state index contributed by atoms with van der Waals surface area (Å²) in [4.78, 5) is 8.73. The predicted molar refractivity (Wildman–Crippen MR) is 103 cm³/mol. The first-order valence-electron chi connectivity index (χ1n) is 8.27. The van der Waals surface area contributed by atoms with Crippen molar-refractivity contribution in [2.75, 3.05) is 5.32 Å². The zero-order valence-corrected chi connectivity index (χ0v) is 15.4. The fourth-order valence-corrected chi connectivity index (χ4v) is 3.31. The predicted octanol–water partition coefficient (Wildman–Crippen LogP) is 5.71. The van der Waals surface area contributed by atoms with Crippen LogP contribution in [0.2, 0.25) is 5.02 Å². The van der Waals surface area contributed by atoms with Crippen LogP contribution in [0.4, 0.5) is 20.3 Å². The Hall–Kier alpha value is -2.99. The lowest BCUT2D eigenvalue weighted by atomic mass is 10.2. The van der Waals surface area contributed by atoms with Gasteiger partial charge in [-0.2, -0.15) is 0 Å². The molecule has 0 unspecified atom stereocenters. The molecule has 27 heavy (non-hydrogen) atoms. The molecule has 0 aliphatic carbocycles. The van der Waals surface area contributed by atoms with Gasteiger partial charge in [0.05, 0.1) is 21.8 Å². The van der Waals surface area contributed by atoms with Crippen molar-refractivity contribution in [3.05, 3.63) is 76.7 Å². The van der Waals surface area contributed by atoms with E-state index in [4.69, 9.17) is 11.6 Å². The Morgan fingerprint density at radius 1 is 1.00 bits per heavy atom. The second-order valence-corrected chi connectivity index (χ2v) is 6.58. The zero-order chi connectivity index (χ0) is 19.1. The Morgan fingerprint density at radius 3 is 2.52 bits per heavy atom. The lowest BCUT2D eigenvalue weighted by Crippen LogP contribution is -2.01. The molecule has 4 rings (SSSR count). The van der Waals surface area contributed by atoms with Crippen molar-refractivity contribution in [1.82, 2.24) is 14.5 Å². The van der Waals surface area contributed by atoms with Gasteiger partial charge in [-0.25, -0.2) is 18.7 Å². The van der Waals surface area contributed by atoms with Crippen LogP contribution in [0.15, 0.2) is 48.8 Å². The topological polar surface area (TPSA) is 42.7 Å². The Balaban J connectivity index is 1.92. The van der Waals surface area contributed by atoms with E-state index in [1.165, 1.54) is 12.4 Å². The van der Waals surface area contributed by atoms with E-state index in [1.807, 2.05) is 32.0 Å². The number of aromatic nitrogens is 3. The van der Waals surface area contributed by atoms with E-state index in [0.717, 1.165) is 34.5 Å². The number of nitrogens with zero attached hydrogens (tertiary/aromatic N) is 3. The number of benzene rings is 2. The number of fused-ring (bicyclic) bond motifs is 1. The van der Waals surface area contributed by atoms with Gasteiger partial charge in [0.1, 0.15) is 12.1 Å². The third-order valence-corrected chi connectivity index (χ3v) is 4.91. The highest BCUT2D eigenvalue weighted by Gasteiger charge is 2.19. The minimum atomic E-state index is -0.908. The van der Waals surface area contributed by atoms with Crippen molar-refractivity contribution in [1.29, 1.82) is 0 Å². The van der Waals surface area contributed by atoms with Crippen LogP contribution in [-0.2, 0) is 0 Å². The highest BCUT2D eigenvalue weighted by Crippen LogP contribution is 2.34. The van der Waals surface area contributed by atoms with Gasteiger partial charge in [-0.3, -0.25) is 4.57 Å². The molecule has 0 fully saturated rings. The summed E-state index contributed by atoms with van der Waals surface area (Å²) in [5.41, 5.74) is 3.60. The number of aryl methyl sites for hydroxylation is 1. The van der Waals surface area contributed by atoms with Crippen LogP contribution in [0.5, 0.6) is 0 Å². The maximum absolute atomic E-state index is 13.8. The van der Waals surface area contributed by atoms with E-state index < -0.39 is 11.6 Å². The van der Waals surface area contributed by atoms with Gasteiger partial charge in [0, 0.05) is 11.8 Å². The smallest absolute Gasteiger partial charge is 0.160 e. The molecular weight excluding hydrogens is 370 g/mol. The average Bonchev–Trinajstić information content (AvgIpc) is 2.91. The van der Waals surface area contributed by atoms with Crippen LogP contribution in [0, 0.1) is 25.5 Å². The molecule has 0 saturated carbocycles. The Morgan fingerprint density at radius 2 is 1.78 bits per heavy atom. The Kier molecular flexibility index (Phi) is 4.28. The Labute approximate surface area is 159 Å². The van der Waals surface area contributed by atoms with Gasteiger partial charge in [0.15, 0.2) is 17.3 Å². The van der Waals surface area contributed by atoms with Crippen molar-refractivity contribution in [2.45, 2.75) is 13.8 Å². The fraction of sp³-hybridized carbons (Fsp3) is 0.100. The maximum atomic E-state index is 13.8. The largest absolute Gasteiger partial charge is 0.338 e. The molecule has 0 amide bonds. The molecule has 2 heterocycles. The summed E-state index contributed by atoms with van der Waals surface area (Å²) in [6.07, 6.45) is 1.43. The van der Waals surface area contributed by atoms with E-state index in [0.29, 0.717) is 22.2 Å². The summed E-state index contributed by atoms with van der Waals surface area (Å²) in [5, 5.41) is 4.60. The normalized spacial score (nSPS) is 11.1. The third kappa shape index (κ3) is 2.92. The molecule has 4 nitrogen and oxygen atoms in total. The monoisotopic (exact) mass is 384 g/mol. The molecule has 0 saturated heterocycles. The van der Waals surface area contributed by atoms with Crippen molar-refractivity contribution in [3.63, 3.8) is 0 Å². The van der Waals surface area contributed by atoms with Crippen LogP contribution >= 0.6 is 11.6 Å². The molecule has 0 radical (unpaired) electrons. The molecule has 7 heteroatoms. The van der Waals surface area contributed by atoms with E-state index in [2.05, 4.69) is 15.3 Å². The molecule has 2 aromatic carbocycles. The van der Waals surface area contributed by atoms with Gasteiger partial charge < -0.3 is 5.32 Å². The Bertz CT molecular complexity index is 1170. The van der Waals surface area contributed by atoms with E-state index in [9.17, 15) is 8.78 Å². The van der Waals surface area contributed by atoms with Gasteiger partial charge in [-0.1, -0.05) is 23.7 Å². The number of hydrogen-bond donors (Lipinski definition) is 1. The summed E-state index contributed by atoms with van der Waals surface area (Å²) in [7, 11) is 0. The number of hydrogen-bond acceptors (Lipinski definition) is 3. The van der Waals surface area contributed by atoms with Gasteiger partial charge in [0.25, 0.3) is 0 Å². The maximum Gasteiger partial charge on any atom is 0.160 e. The first kappa shape index (κ1) is 17.4. The van der Waals surface area contributed by atoms with E-state index in [1.54, 1.807) is 10.6 Å². The number of halogens is 3. The van der Waals surface area contributed by atoms with Gasteiger partial charge in [-0.15, -0.1) is 0 Å². The molecule has 2 aromatic heterocycles. The van der Waals surface area contributed by atoms with Crippen molar-refractivity contribution >= 4 is 34.1 Å². The summed E-state index contributed by atoms with van der Waals surface area (Å²) in [5.74, 6) is -1.20. The van der Waals surface area contributed by atoms with Crippen molar-refractivity contribution in [2.24, 2.45) is 0 Å². The summed E-state index contributed by atoms with van der Waals surface area (Å²) < 4.78 is 28.9. The van der Waals surface area contributed by atoms with Gasteiger partial charge >= 0.3 is 0 Å². The van der Waals surface area contributed by atoms with Crippen LogP contribution in [0.3, 0.4) is 0 Å². The molecule has 0 bridgehead atoms. The quantitative estimate of drug-likeness (QED) is 0.491. The van der Waals surface area contributed by atoms with Crippen molar-refractivity contribution in [3.8, 4) is 5.69 Å². The number of rotatable bonds is 3. The molecule has 0 atom stereocenters. The lowest BCUT2D eigenvalue weighted by molar-refractivity contribution is 0.508. The lowest BCUT2D eigenvalue weighted by Gasteiger charge is -2.10. The number of anilines is 2. The highest BCUT2D eigenvalue weighted by atomic mass is 35.5. The SMILES string of the molecule is Cc1c(C)n(-c2ccc(F)c(F)c2)c2ncnc(Nc3ccccc3Cl)c12. The summed E-state index contributed by atoms with van der Waals surface area (Å²) >= 11 is 6.24. The number of para-hydroxylation sites is 1. The van der Waals surface area contributed by atoms with Gasteiger partial charge in [0.2, 0.25) is 0 Å². The standard InChI is InChI=1S/C20H15ClF2N4/c1-11-12(2)27(13-7-8-15(22)16(23)9-13)20-18(11)19(24-10-25-20)26-17-6-4-3-5-14(17)21/h3-10H,1-2H3,(H,24,25,26). The molecule has 1 N–H and O–H groups in total. The first-order valence-corrected chi connectivity index (χ1v) is 8.64. The molecule has 4 aromatic rings. The van der Waals surface area contributed by atoms with Crippen LogP contribution < -0.4 is 5.32 Å². The van der Waals surface area contributed by atoms with Crippen LogP contribution in [0.1, 0.15) is 11.3 Å². The van der Waals surface area contributed by atoms with E-state index in [-0.39, 0.29) is 0 Å². The van der Waals surface area contributed by atoms with Crippen LogP contribution in [0.25, 0.3) is 16.7 Å². The second kappa shape index (κ2) is 6.63. The number of nitrogens with one attached hydrogen (secondary N) is 1. The minimum Gasteiger partial charge on any atom is -0.338 e. The van der Waals surface area contributed by atoms with Crippen molar-refractivity contribution < 1.29 is 8.78 Å². The highest BCUT2D eigenvalue weighted by molar-refractivity contribution is 6.33. The average molecular weight is 385 g/mol. The van der Waals surface area contributed by atoms with Crippen LogP contribution in [-0.4, -0.2) is 14.5 Å².